The zero-order chi connectivity index (χ0) is 14.2. The lowest BCUT2D eigenvalue weighted by Gasteiger charge is -2.25. The van der Waals surface area contributed by atoms with Crippen molar-refractivity contribution in [1.82, 2.24) is 10.6 Å². The van der Waals surface area contributed by atoms with Gasteiger partial charge in [0.25, 0.3) is 0 Å². The Labute approximate surface area is 122 Å². The molecule has 1 amide bonds. The maximum absolute atomic E-state index is 12.1. The number of nitrogens with one attached hydrogen (secondary N) is 2. The molecule has 3 nitrogen and oxygen atoms in total. The standard InChI is InChI=1S/C17H26N2O/c1-18-13-7-12-16(20)19-17(15-10-5-6-11-15)14-8-3-2-4-9-14/h2-4,8-9,15,17-18H,5-7,10-13H2,1H3,(H,19,20). The van der Waals surface area contributed by atoms with Crippen LogP contribution >= 0.6 is 0 Å². The Morgan fingerprint density at radius 1 is 1.25 bits per heavy atom. The van der Waals surface area contributed by atoms with Crippen LogP contribution in [0.4, 0.5) is 0 Å². The molecule has 0 saturated heterocycles. The van der Waals surface area contributed by atoms with Crippen molar-refractivity contribution in [2.24, 2.45) is 5.92 Å². The molecular weight excluding hydrogens is 248 g/mol. The van der Waals surface area contributed by atoms with E-state index in [2.05, 4.69) is 34.9 Å². The number of amides is 1. The number of hydrogen-bond acceptors (Lipinski definition) is 2. The summed E-state index contributed by atoms with van der Waals surface area (Å²) in [4.78, 5) is 12.1. The fourth-order valence-corrected chi connectivity index (χ4v) is 3.10. The summed E-state index contributed by atoms with van der Waals surface area (Å²) in [5, 5.41) is 6.35. The van der Waals surface area contributed by atoms with Crippen LogP contribution in [-0.4, -0.2) is 19.5 Å². The molecule has 0 radical (unpaired) electrons. The largest absolute Gasteiger partial charge is 0.349 e. The van der Waals surface area contributed by atoms with E-state index < -0.39 is 0 Å². The van der Waals surface area contributed by atoms with E-state index in [1.54, 1.807) is 0 Å². The molecule has 0 bridgehead atoms. The second kappa shape index (κ2) is 8.05. The first-order valence-electron chi connectivity index (χ1n) is 7.80. The van der Waals surface area contributed by atoms with Gasteiger partial charge in [-0.3, -0.25) is 4.79 Å². The highest BCUT2D eigenvalue weighted by Gasteiger charge is 2.27. The maximum Gasteiger partial charge on any atom is 0.220 e. The van der Waals surface area contributed by atoms with Gasteiger partial charge < -0.3 is 10.6 Å². The topological polar surface area (TPSA) is 41.1 Å². The summed E-state index contributed by atoms with van der Waals surface area (Å²) in [5.41, 5.74) is 1.25. The Hall–Kier alpha value is -1.35. The summed E-state index contributed by atoms with van der Waals surface area (Å²) in [6.45, 7) is 0.896. The van der Waals surface area contributed by atoms with E-state index in [4.69, 9.17) is 0 Å². The summed E-state index contributed by atoms with van der Waals surface area (Å²) in [6.07, 6.45) is 6.56. The van der Waals surface area contributed by atoms with E-state index in [1.165, 1.54) is 31.2 Å². The molecule has 1 aliphatic rings. The predicted octanol–water partition coefficient (Wildman–Crippen LogP) is 3.03. The lowest BCUT2D eigenvalue weighted by Crippen LogP contribution is -2.33. The first-order chi connectivity index (χ1) is 9.81. The normalized spacial score (nSPS) is 17.1. The fraction of sp³-hybridized carbons (Fsp3) is 0.588. The van der Waals surface area contributed by atoms with Gasteiger partial charge in [-0.25, -0.2) is 0 Å². The minimum Gasteiger partial charge on any atom is -0.349 e. The Morgan fingerprint density at radius 3 is 2.60 bits per heavy atom. The van der Waals surface area contributed by atoms with Crippen molar-refractivity contribution in [3.63, 3.8) is 0 Å². The van der Waals surface area contributed by atoms with E-state index in [0.717, 1.165) is 13.0 Å². The van der Waals surface area contributed by atoms with Crippen LogP contribution in [0.2, 0.25) is 0 Å². The lowest BCUT2D eigenvalue weighted by atomic mass is 9.91. The van der Waals surface area contributed by atoms with Crippen LogP contribution in [0.3, 0.4) is 0 Å². The second-order valence-corrected chi connectivity index (χ2v) is 5.71. The minimum absolute atomic E-state index is 0.181. The molecule has 3 heteroatoms. The van der Waals surface area contributed by atoms with E-state index in [9.17, 15) is 4.79 Å². The van der Waals surface area contributed by atoms with Crippen molar-refractivity contribution in [1.29, 1.82) is 0 Å². The zero-order valence-electron chi connectivity index (χ0n) is 12.4. The molecule has 1 atom stereocenters. The third-order valence-electron chi connectivity index (χ3n) is 4.18. The fourth-order valence-electron chi connectivity index (χ4n) is 3.10. The smallest absolute Gasteiger partial charge is 0.220 e. The van der Waals surface area contributed by atoms with E-state index in [1.807, 2.05) is 13.1 Å². The van der Waals surface area contributed by atoms with Gasteiger partial charge in [0.05, 0.1) is 6.04 Å². The molecule has 1 fully saturated rings. The van der Waals surface area contributed by atoms with Crippen LogP contribution in [0, 0.1) is 5.92 Å². The minimum atomic E-state index is 0.181. The molecular formula is C17H26N2O. The molecule has 2 rings (SSSR count). The molecule has 1 aromatic carbocycles. The van der Waals surface area contributed by atoms with Gasteiger partial charge in [-0.1, -0.05) is 43.2 Å². The van der Waals surface area contributed by atoms with Gasteiger partial charge in [0.15, 0.2) is 0 Å². The molecule has 1 aromatic rings. The highest BCUT2D eigenvalue weighted by molar-refractivity contribution is 5.76. The lowest BCUT2D eigenvalue weighted by molar-refractivity contribution is -0.122. The molecule has 1 aliphatic carbocycles. The first-order valence-corrected chi connectivity index (χ1v) is 7.80. The molecule has 0 spiro atoms. The third-order valence-corrected chi connectivity index (χ3v) is 4.18. The van der Waals surface area contributed by atoms with Crippen LogP contribution < -0.4 is 10.6 Å². The molecule has 0 aliphatic heterocycles. The summed E-state index contributed by atoms with van der Waals surface area (Å²) in [6, 6.07) is 10.6. The van der Waals surface area contributed by atoms with Gasteiger partial charge in [-0.05, 0) is 44.3 Å². The quantitative estimate of drug-likeness (QED) is 0.750. The van der Waals surface area contributed by atoms with Gasteiger partial charge in [-0.15, -0.1) is 0 Å². The van der Waals surface area contributed by atoms with Crippen molar-refractivity contribution in [3.05, 3.63) is 35.9 Å². The van der Waals surface area contributed by atoms with E-state index in [-0.39, 0.29) is 11.9 Å². The molecule has 110 valence electrons. The van der Waals surface area contributed by atoms with Crippen LogP contribution in [-0.2, 0) is 4.79 Å². The number of hydrogen-bond donors (Lipinski definition) is 2. The summed E-state index contributed by atoms with van der Waals surface area (Å²) in [5.74, 6) is 0.784. The SMILES string of the molecule is CNCCCC(=O)NC(c1ccccc1)C1CCCC1. The average Bonchev–Trinajstić information content (AvgIpc) is 3.00. The average molecular weight is 274 g/mol. The predicted molar refractivity (Wildman–Crippen MR) is 82.4 cm³/mol. The number of carbonyl (C=O) groups excluding carboxylic acids is 1. The summed E-state index contributed by atoms with van der Waals surface area (Å²) in [7, 11) is 1.92. The number of carbonyl (C=O) groups is 1. The Kier molecular flexibility index (Phi) is 6.06. The van der Waals surface area contributed by atoms with Crippen molar-refractivity contribution in [2.75, 3.05) is 13.6 Å². The zero-order valence-corrected chi connectivity index (χ0v) is 12.4. The van der Waals surface area contributed by atoms with Crippen LogP contribution in [0.25, 0.3) is 0 Å². The van der Waals surface area contributed by atoms with Gasteiger partial charge in [0.2, 0.25) is 5.91 Å². The maximum atomic E-state index is 12.1. The van der Waals surface area contributed by atoms with Crippen LogP contribution in [0.1, 0.15) is 50.1 Å². The van der Waals surface area contributed by atoms with Gasteiger partial charge in [0, 0.05) is 6.42 Å². The third kappa shape index (κ3) is 4.34. The molecule has 20 heavy (non-hydrogen) atoms. The van der Waals surface area contributed by atoms with Crippen molar-refractivity contribution in [2.45, 2.75) is 44.6 Å². The Morgan fingerprint density at radius 2 is 1.95 bits per heavy atom. The molecule has 0 aromatic heterocycles. The molecule has 0 heterocycles. The van der Waals surface area contributed by atoms with Gasteiger partial charge in [-0.2, -0.15) is 0 Å². The summed E-state index contributed by atoms with van der Waals surface area (Å²) >= 11 is 0. The second-order valence-electron chi connectivity index (χ2n) is 5.71. The Bertz CT molecular complexity index is 399. The van der Waals surface area contributed by atoms with Crippen LogP contribution in [0.5, 0.6) is 0 Å². The van der Waals surface area contributed by atoms with Crippen molar-refractivity contribution in [3.8, 4) is 0 Å². The monoisotopic (exact) mass is 274 g/mol. The highest BCUT2D eigenvalue weighted by Crippen LogP contribution is 2.35. The molecule has 1 unspecified atom stereocenters. The van der Waals surface area contributed by atoms with E-state index >= 15 is 0 Å². The first kappa shape index (κ1) is 15.0. The Balaban J connectivity index is 1.98. The van der Waals surface area contributed by atoms with E-state index in [0.29, 0.717) is 12.3 Å². The highest BCUT2D eigenvalue weighted by atomic mass is 16.1. The van der Waals surface area contributed by atoms with Gasteiger partial charge >= 0.3 is 0 Å². The van der Waals surface area contributed by atoms with Crippen LogP contribution in [0.15, 0.2) is 30.3 Å². The number of rotatable bonds is 7. The number of benzene rings is 1. The van der Waals surface area contributed by atoms with Crippen molar-refractivity contribution < 1.29 is 4.79 Å². The summed E-state index contributed by atoms with van der Waals surface area (Å²) < 4.78 is 0. The molecule has 1 saturated carbocycles. The van der Waals surface area contributed by atoms with Gasteiger partial charge in [0.1, 0.15) is 0 Å². The van der Waals surface area contributed by atoms with Crippen molar-refractivity contribution >= 4 is 5.91 Å². The molecule has 2 N–H and O–H groups in total.